The van der Waals surface area contributed by atoms with Gasteiger partial charge in [-0.2, -0.15) is 0 Å². The van der Waals surface area contributed by atoms with Crippen molar-refractivity contribution in [2.24, 2.45) is 0 Å². The van der Waals surface area contributed by atoms with Crippen molar-refractivity contribution in [2.45, 2.75) is 45.0 Å². The Hall–Kier alpha value is -1.14. The molecule has 0 aromatic rings. The van der Waals surface area contributed by atoms with Gasteiger partial charge in [0.25, 0.3) is 0 Å². The monoisotopic (exact) mass is 245 g/mol. The molecule has 17 heavy (non-hydrogen) atoms. The van der Waals surface area contributed by atoms with E-state index < -0.39 is 11.8 Å². The highest BCUT2D eigenvalue weighted by molar-refractivity contribution is 5.76. The van der Waals surface area contributed by atoms with Gasteiger partial charge in [-0.15, -0.1) is 0 Å². The molecule has 1 saturated heterocycles. The quantitative estimate of drug-likeness (QED) is 0.712. The third-order valence-corrected chi connectivity index (χ3v) is 2.39. The summed E-state index contributed by atoms with van der Waals surface area (Å²) in [7, 11) is 0. The number of carbonyl (C=O) groups excluding carboxylic acids is 1. The first-order chi connectivity index (χ1) is 7.89. The first-order valence-electron chi connectivity index (χ1n) is 5.69. The van der Waals surface area contributed by atoms with Gasteiger partial charge in [-0.25, -0.2) is 0 Å². The van der Waals surface area contributed by atoms with Crippen molar-refractivity contribution >= 4 is 11.9 Å². The van der Waals surface area contributed by atoms with Crippen molar-refractivity contribution in [3.05, 3.63) is 0 Å². The van der Waals surface area contributed by atoms with E-state index >= 15 is 0 Å². The molecule has 6 heteroatoms. The van der Waals surface area contributed by atoms with Gasteiger partial charge in [-0.1, -0.05) is 0 Å². The number of amides is 1. The maximum atomic E-state index is 11.3. The van der Waals surface area contributed by atoms with Gasteiger partial charge in [0.2, 0.25) is 5.91 Å². The summed E-state index contributed by atoms with van der Waals surface area (Å²) in [4.78, 5) is 21.6. The summed E-state index contributed by atoms with van der Waals surface area (Å²) in [6.45, 7) is 4.50. The molecular weight excluding hydrogens is 226 g/mol. The molecule has 0 spiro atoms. The van der Waals surface area contributed by atoms with Crippen molar-refractivity contribution in [3.8, 4) is 0 Å². The lowest BCUT2D eigenvalue weighted by Crippen LogP contribution is -2.34. The van der Waals surface area contributed by atoms with E-state index in [0.29, 0.717) is 19.6 Å². The highest BCUT2D eigenvalue weighted by atomic mass is 16.7. The average molecular weight is 245 g/mol. The summed E-state index contributed by atoms with van der Waals surface area (Å²) in [5, 5.41) is 11.1. The first-order valence-corrected chi connectivity index (χ1v) is 5.69. The molecule has 1 aliphatic heterocycles. The zero-order valence-corrected chi connectivity index (χ0v) is 10.2. The van der Waals surface area contributed by atoms with Crippen molar-refractivity contribution in [1.29, 1.82) is 0 Å². The summed E-state index contributed by atoms with van der Waals surface area (Å²) < 4.78 is 10.9. The minimum absolute atomic E-state index is 0.0174. The Morgan fingerprint density at radius 1 is 1.41 bits per heavy atom. The number of rotatable bonds is 6. The zero-order valence-electron chi connectivity index (χ0n) is 10.2. The minimum Gasteiger partial charge on any atom is -0.481 e. The van der Waals surface area contributed by atoms with Gasteiger partial charge in [0.05, 0.1) is 6.61 Å². The number of aliphatic carboxylic acids is 1. The molecule has 1 rings (SSSR count). The second kappa shape index (κ2) is 5.97. The molecule has 2 N–H and O–H groups in total. The van der Waals surface area contributed by atoms with Crippen LogP contribution in [-0.2, 0) is 19.1 Å². The van der Waals surface area contributed by atoms with E-state index in [4.69, 9.17) is 14.6 Å². The molecule has 0 saturated carbocycles. The van der Waals surface area contributed by atoms with Gasteiger partial charge in [0.1, 0.15) is 6.10 Å². The molecule has 1 heterocycles. The maximum absolute atomic E-state index is 11.3. The van der Waals surface area contributed by atoms with E-state index in [9.17, 15) is 9.59 Å². The lowest BCUT2D eigenvalue weighted by Gasteiger charge is -2.17. The topological polar surface area (TPSA) is 84.9 Å². The molecule has 1 amide bonds. The van der Waals surface area contributed by atoms with Crippen molar-refractivity contribution in [3.63, 3.8) is 0 Å². The molecule has 0 aromatic heterocycles. The number of hydrogen-bond donors (Lipinski definition) is 2. The van der Waals surface area contributed by atoms with Crippen LogP contribution in [0.1, 0.15) is 33.1 Å². The highest BCUT2D eigenvalue weighted by Crippen LogP contribution is 2.21. The van der Waals surface area contributed by atoms with Crippen molar-refractivity contribution in [2.75, 3.05) is 13.2 Å². The van der Waals surface area contributed by atoms with Crippen LogP contribution in [0.2, 0.25) is 0 Å². The van der Waals surface area contributed by atoms with E-state index in [1.54, 1.807) is 0 Å². The Kier molecular flexibility index (Phi) is 4.89. The Morgan fingerprint density at radius 2 is 2.12 bits per heavy atom. The fraction of sp³-hybridized carbons (Fsp3) is 0.818. The summed E-state index contributed by atoms with van der Waals surface area (Å²) in [6.07, 6.45) is 0.468. The number of hydrogen-bond acceptors (Lipinski definition) is 4. The van der Waals surface area contributed by atoms with Gasteiger partial charge >= 0.3 is 5.97 Å². The second-order valence-electron chi connectivity index (χ2n) is 4.50. The largest absolute Gasteiger partial charge is 0.481 e. The van der Waals surface area contributed by atoms with Crippen LogP contribution >= 0.6 is 0 Å². The van der Waals surface area contributed by atoms with E-state index in [1.807, 2.05) is 13.8 Å². The standard InChI is InChI=1S/C11H19NO5/c1-11(2)16-7-8(17-11)6-12-9(13)4-3-5-10(14)15/h8H,3-7H2,1-2H3,(H,12,13)(H,14,15). The fourth-order valence-corrected chi connectivity index (χ4v) is 1.58. The van der Waals surface area contributed by atoms with Crippen LogP contribution < -0.4 is 5.32 Å². The summed E-state index contributed by atoms with van der Waals surface area (Å²) in [5.41, 5.74) is 0. The molecule has 98 valence electrons. The Balaban J connectivity index is 2.10. The highest BCUT2D eigenvalue weighted by Gasteiger charge is 2.32. The lowest BCUT2D eigenvalue weighted by atomic mass is 10.2. The summed E-state index contributed by atoms with van der Waals surface area (Å²) in [6, 6.07) is 0. The third-order valence-electron chi connectivity index (χ3n) is 2.39. The van der Waals surface area contributed by atoms with Gasteiger partial charge in [0, 0.05) is 19.4 Å². The molecule has 1 atom stereocenters. The fourth-order valence-electron chi connectivity index (χ4n) is 1.58. The lowest BCUT2D eigenvalue weighted by molar-refractivity contribution is -0.140. The summed E-state index contributed by atoms with van der Waals surface area (Å²) >= 11 is 0. The molecular formula is C11H19NO5. The third kappa shape index (κ3) is 5.65. The van der Waals surface area contributed by atoms with E-state index in [0.717, 1.165) is 0 Å². The van der Waals surface area contributed by atoms with Crippen LogP contribution in [0, 0.1) is 0 Å². The number of carboxylic acid groups (broad SMARTS) is 1. The molecule has 0 aromatic carbocycles. The predicted octanol–water partition coefficient (Wildman–Crippen LogP) is 0.509. The molecule has 0 aliphatic carbocycles. The van der Waals surface area contributed by atoms with Crippen LogP contribution in [0.4, 0.5) is 0 Å². The molecule has 0 radical (unpaired) electrons. The van der Waals surface area contributed by atoms with Gasteiger partial charge < -0.3 is 19.9 Å². The molecule has 1 fully saturated rings. The molecule has 1 aliphatic rings. The van der Waals surface area contributed by atoms with Gasteiger partial charge in [-0.3, -0.25) is 9.59 Å². The normalized spacial score (nSPS) is 22.4. The average Bonchev–Trinajstić information content (AvgIpc) is 2.55. The van der Waals surface area contributed by atoms with Gasteiger partial charge in [0.15, 0.2) is 5.79 Å². The molecule has 1 unspecified atom stereocenters. The Labute approximate surface area is 100 Å². The molecule has 0 bridgehead atoms. The number of carboxylic acids is 1. The van der Waals surface area contributed by atoms with Crippen LogP contribution in [0.15, 0.2) is 0 Å². The first kappa shape index (κ1) is 13.9. The smallest absolute Gasteiger partial charge is 0.303 e. The van der Waals surface area contributed by atoms with Crippen LogP contribution in [-0.4, -0.2) is 42.0 Å². The number of carbonyl (C=O) groups is 2. The second-order valence-corrected chi connectivity index (χ2v) is 4.50. The maximum Gasteiger partial charge on any atom is 0.303 e. The Morgan fingerprint density at radius 3 is 2.65 bits per heavy atom. The number of nitrogens with one attached hydrogen (secondary N) is 1. The van der Waals surface area contributed by atoms with Crippen molar-refractivity contribution < 1.29 is 24.2 Å². The summed E-state index contributed by atoms with van der Waals surface area (Å²) in [5.74, 6) is -1.62. The Bertz CT molecular complexity index is 290. The van der Waals surface area contributed by atoms with Crippen LogP contribution in [0.3, 0.4) is 0 Å². The predicted molar refractivity (Wildman–Crippen MR) is 59.4 cm³/mol. The van der Waals surface area contributed by atoms with E-state index in [-0.39, 0.29) is 24.9 Å². The number of ether oxygens (including phenoxy) is 2. The molecule has 6 nitrogen and oxygen atoms in total. The van der Waals surface area contributed by atoms with Crippen molar-refractivity contribution in [1.82, 2.24) is 5.32 Å². The van der Waals surface area contributed by atoms with E-state index in [2.05, 4.69) is 5.32 Å². The SMILES string of the molecule is CC1(C)OCC(CNC(=O)CCCC(=O)O)O1. The van der Waals surface area contributed by atoms with Crippen LogP contribution in [0.25, 0.3) is 0 Å². The van der Waals surface area contributed by atoms with Crippen LogP contribution in [0.5, 0.6) is 0 Å². The zero-order chi connectivity index (χ0) is 12.9. The van der Waals surface area contributed by atoms with Gasteiger partial charge in [-0.05, 0) is 20.3 Å². The minimum atomic E-state index is -0.882. The van der Waals surface area contributed by atoms with E-state index in [1.165, 1.54) is 0 Å².